The molecule has 128 valence electrons. The van der Waals surface area contributed by atoms with Gasteiger partial charge in [0.2, 0.25) is 0 Å². The maximum absolute atomic E-state index is 12.6. The molecule has 0 N–H and O–H groups in total. The highest BCUT2D eigenvalue weighted by Crippen LogP contribution is 2.32. The highest BCUT2D eigenvalue weighted by molar-refractivity contribution is 6.31. The monoisotopic (exact) mass is 340 g/mol. The number of halogens is 1. The largest absolute Gasteiger partial charge is 0.465 e. The standard InChI is InChI=1S/C18H25ClO4/c1-6-18(7-2,16(20)22-11-12(3)4)17(21)23-14-8-9-15(19)13(5)10-14/h8-10,12H,6-7,11H2,1-5H3. The van der Waals surface area contributed by atoms with Crippen molar-refractivity contribution in [1.29, 1.82) is 0 Å². The second-order valence-corrected chi connectivity index (χ2v) is 6.49. The number of benzene rings is 1. The van der Waals surface area contributed by atoms with E-state index in [4.69, 9.17) is 21.1 Å². The highest BCUT2D eigenvalue weighted by Gasteiger charge is 2.46. The average Bonchev–Trinajstić information content (AvgIpc) is 2.50. The zero-order chi connectivity index (χ0) is 17.6. The molecule has 4 nitrogen and oxygen atoms in total. The molecule has 23 heavy (non-hydrogen) atoms. The fraction of sp³-hybridized carbons (Fsp3) is 0.556. The molecule has 0 saturated heterocycles. The zero-order valence-corrected chi connectivity index (χ0v) is 15.2. The van der Waals surface area contributed by atoms with Crippen LogP contribution in [-0.4, -0.2) is 18.5 Å². The second-order valence-electron chi connectivity index (χ2n) is 6.08. The van der Waals surface area contributed by atoms with Crippen molar-refractivity contribution in [2.45, 2.75) is 47.5 Å². The van der Waals surface area contributed by atoms with Crippen molar-refractivity contribution in [1.82, 2.24) is 0 Å². The van der Waals surface area contributed by atoms with E-state index in [2.05, 4.69) is 0 Å². The first kappa shape index (κ1) is 19.5. The van der Waals surface area contributed by atoms with E-state index in [1.165, 1.54) is 0 Å². The molecule has 1 aromatic carbocycles. The predicted molar refractivity (Wildman–Crippen MR) is 90.6 cm³/mol. The van der Waals surface area contributed by atoms with Gasteiger partial charge >= 0.3 is 11.9 Å². The average molecular weight is 341 g/mol. The van der Waals surface area contributed by atoms with Gasteiger partial charge in [-0.3, -0.25) is 9.59 Å². The van der Waals surface area contributed by atoms with Gasteiger partial charge in [0.15, 0.2) is 5.41 Å². The van der Waals surface area contributed by atoms with Crippen molar-refractivity contribution >= 4 is 23.5 Å². The topological polar surface area (TPSA) is 52.6 Å². The van der Waals surface area contributed by atoms with Crippen LogP contribution < -0.4 is 4.74 Å². The fourth-order valence-corrected chi connectivity index (χ4v) is 2.29. The number of carbonyl (C=O) groups excluding carboxylic acids is 2. The van der Waals surface area contributed by atoms with Crippen molar-refractivity contribution in [2.24, 2.45) is 11.3 Å². The van der Waals surface area contributed by atoms with Crippen LogP contribution in [0.15, 0.2) is 18.2 Å². The molecule has 0 aliphatic carbocycles. The van der Waals surface area contributed by atoms with Gasteiger partial charge in [-0.05, 0) is 49.4 Å². The van der Waals surface area contributed by atoms with Gasteiger partial charge in [0.25, 0.3) is 0 Å². The molecule has 0 unspecified atom stereocenters. The summed E-state index contributed by atoms with van der Waals surface area (Å²) in [5.41, 5.74) is -0.472. The van der Waals surface area contributed by atoms with Crippen molar-refractivity contribution in [3.63, 3.8) is 0 Å². The third-order valence-electron chi connectivity index (χ3n) is 3.88. The molecule has 0 bridgehead atoms. The van der Waals surface area contributed by atoms with Crippen molar-refractivity contribution < 1.29 is 19.1 Å². The van der Waals surface area contributed by atoms with E-state index in [-0.39, 0.29) is 12.5 Å². The first-order valence-electron chi connectivity index (χ1n) is 7.92. The highest BCUT2D eigenvalue weighted by atomic mass is 35.5. The van der Waals surface area contributed by atoms with Crippen LogP contribution in [0.4, 0.5) is 0 Å². The molecule has 0 fully saturated rings. The number of ether oxygens (including phenoxy) is 2. The lowest BCUT2D eigenvalue weighted by atomic mass is 9.82. The molecule has 5 heteroatoms. The van der Waals surface area contributed by atoms with Crippen LogP contribution in [-0.2, 0) is 14.3 Å². The summed E-state index contributed by atoms with van der Waals surface area (Å²) >= 11 is 5.97. The summed E-state index contributed by atoms with van der Waals surface area (Å²) < 4.78 is 10.7. The SMILES string of the molecule is CCC(CC)(C(=O)OCC(C)C)C(=O)Oc1ccc(Cl)c(C)c1. The minimum absolute atomic E-state index is 0.209. The van der Waals surface area contributed by atoms with Crippen LogP contribution in [0.25, 0.3) is 0 Å². The maximum Gasteiger partial charge on any atom is 0.328 e. The molecule has 0 radical (unpaired) electrons. The van der Waals surface area contributed by atoms with Gasteiger partial charge in [0, 0.05) is 5.02 Å². The van der Waals surface area contributed by atoms with Crippen LogP contribution in [0.2, 0.25) is 5.02 Å². The lowest BCUT2D eigenvalue weighted by molar-refractivity contribution is -0.168. The molecule has 0 heterocycles. The number of esters is 2. The van der Waals surface area contributed by atoms with E-state index in [1.807, 2.05) is 20.8 Å². The molecule has 0 aliphatic rings. The van der Waals surface area contributed by atoms with Gasteiger partial charge in [-0.1, -0.05) is 39.3 Å². The molecule has 0 saturated carbocycles. The van der Waals surface area contributed by atoms with Gasteiger partial charge in [-0.2, -0.15) is 0 Å². The summed E-state index contributed by atoms with van der Waals surface area (Å²) in [5, 5.41) is 0.596. The van der Waals surface area contributed by atoms with E-state index in [0.29, 0.717) is 23.6 Å². The van der Waals surface area contributed by atoms with Crippen molar-refractivity contribution in [3.05, 3.63) is 28.8 Å². The maximum atomic E-state index is 12.6. The van der Waals surface area contributed by atoms with Gasteiger partial charge in [-0.15, -0.1) is 0 Å². The zero-order valence-electron chi connectivity index (χ0n) is 14.4. The third kappa shape index (κ3) is 4.71. The first-order chi connectivity index (χ1) is 10.8. The lowest BCUT2D eigenvalue weighted by Crippen LogP contribution is -2.43. The minimum atomic E-state index is -1.28. The Balaban J connectivity index is 2.96. The molecular formula is C18H25ClO4. The van der Waals surface area contributed by atoms with Gasteiger partial charge in [0.1, 0.15) is 5.75 Å². The van der Waals surface area contributed by atoms with Crippen LogP contribution >= 0.6 is 11.6 Å². The molecule has 0 aliphatic heterocycles. The normalized spacial score (nSPS) is 11.4. The Hall–Kier alpha value is -1.55. The molecule has 0 atom stereocenters. The Morgan fingerprint density at radius 1 is 1.17 bits per heavy atom. The van der Waals surface area contributed by atoms with Crippen LogP contribution in [0.3, 0.4) is 0 Å². The Morgan fingerprint density at radius 3 is 2.26 bits per heavy atom. The Kier molecular flexibility index (Phi) is 7.07. The number of hydrogen-bond donors (Lipinski definition) is 0. The molecule has 0 amide bonds. The number of hydrogen-bond acceptors (Lipinski definition) is 4. The fourth-order valence-electron chi connectivity index (χ4n) is 2.18. The summed E-state index contributed by atoms with van der Waals surface area (Å²) in [4.78, 5) is 25.1. The molecular weight excluding hydrogens is 316 g/mol. The second kappa shape index (κ2) is 8.34. The van der Waals surface area contributed by atoms with Crippen LogP contribution in [0, 0.1) is 18.3 Å². The summed E-state index contributed by atoms with van der Waals surface area (Å²) in [6.45, 7) is 9.57. The lowest BCUT2D eigenvalue weighted by Gasteiger charge is -2.27. The summed E-state index contributed by atoms with van der Waals surface area (Å²) in [6, 6.07) is 4.95. The minimum Gasteiger partial charge on any atom is -0.465 e. The van der Waals surface area contributed by atoms with Gasteiger partial charge in [-0.25, -0.2) is 0 Å². The van der Waals surface area contributed by atoms with E-state index in [9.17, 15) is 9.59 Å². The molecule has 0 aromatic heterocycles. The number of carbonyl (C=O) groups is 2. The Morgan fingerprint density at radius 2 is 1.78 bits per heavy atom. The molecule has 1 rings (SSSR count). The number of rotatable bonds is 7. The predicted octanol–water partition coefficient (Wildman–Crippen LogP) is 4.56. The number of aryl methyl sites for hydroxylation is 1. The molecule has 0 spiro atoms. The van der Waals surface area contributed by atoms with Crippen LogP contribution in [0.5, 0.6) is 5.75 Å². The van der Waals surface area contributed by atoms with Crippen molar-refractivity contribution in [2.75, 3.05) is 6.61 Å². The smallest absolute Gasteiger partial charge is 0.328 e. The first-order valence-corrected chi connectivity index (χ1v) is 8.30. The molecule has 1 aromatic rings. The summed E-state index contributed by atoms with van der Waals surface area (Å²) in [5.74, 6) is -0.523. The summed E-state index contributed by atoms with van der Waals surface area (Å²) in [7, 11) is 0. The van der Waals surface area contributed by atoms with E-state index in [0.717, 1.165) is 5.56 Å². The van der Waals surface area contributed by atoms with Crippen LogP contribution in [0.1, 0.15) is 46.1 Å². The summed E-state index contributed by atoms with van der Waals surface area (Å²) in [6.07, 6.45) is 0.650. The van der Waals surface area contributed by atoms with Gasteiger partial charge in [0.05, 0.1) is 6.61 Å². The van der Waals surface area contributed by atoms with Gasteiger partial charge < -0.3 is 9.47 Å². The Bertz CT molecular complexity index is 562. The van der Waals surface area contributed by atoms with E-state index in [1.54, 1.807) is 32.0 Å². The third-order valence-corrected chi connectivity index (χ3v) is 4.30. The quantitative estimate of drug-likeness (QED) is 0.415. The van der Waals surface area contributed by atoms with E-state index < -0.39 is 17.4 Å². The van der Waals surface area contributed by atoms with Crippen molar-refractivity contribution in [3.8, 4) is 5.75 Å². The van der Waals surface area contributed by atoms with E-state index >= 15 is 0 Å². The Labute approximate surface area is 143 Å².